The normalized spacial score (nSPS) is 11.1. The van der Waals surface area contributed by atoms with Gasteiger partial charge >= 0.3 is 0 Å². The molecule has 0 spiro atoms. The highest BCUT2D eigenvalue weighted by Gasteiger charge is 2.08. The van der Waals surface area contributed by atoms with Crippen molar-refractivity contribution >= 4 is 17.2 Å². The molecule has 0 saturated heterocycles. The van der Waals surface area contributed by atoms with E-state index in [4.69, 9.17) is 11.6 Å². The van der Waals surface area contributed by atoms with Gasteiger partial charge in [-0.3, -0.25) is 0 Å². The summed E-state index contributed by atoms with van der Waals surface area (Å²) in [6, 6.07) is 12.0. The molecule has 0 amide bonds. The maximum atomic E-state index is 6.06. The zero-order chi connectivity index (χ0) is 12.7. The summed E-state index contributed by atoms with van der Waals surface area (Å²) in [5.41, 5.74) is 5.37. The first-order chi connectivity index (χ1) is 8.65. The van der Waals surface area contributed by atoms with E-state index in [-0.39, 0.29) is 0 Å². The van der Waals surface area contributed by atoms with Crippen LogP contribution in [-0.4, -0.2) is 9.38 Å². The quantitative estimate of drug-likeness (QED) is 0.636. The summed E-state index contributed by atoms with van der Waals surface area (Å²) in [6.45, 7) is 4.14. The second-order valence-corrected chi connectivity index (χ2v) is 4.92. The van der Waals surface area contributed by atoms with Crippen molar-refractivity contribution in [2.24, 2.45) is 0 Å². The summed E-state index contributed by atoms with van der Waals surface area (Å²) < 4.78 is 2.09. The molecule has 2 aromatic heterocycles. The van der Waals surface area contributed by atoms with Crippen molar-refractivity contribution in [3.05, 3.63) is 58.9 Å². The van der Waals surface area contributed by atoms with Crippen LogP contribution in [0, 0.1) is 13.8 Å². The molecule has 0 fully saturated rings. The van der Waals surface area contributed by atoms with Crippen LogP contribution in [0.25, 0.3) is 16.9 Å². The number of hydrogen-bond donors (Lipinski definition) is 0. The molecule has 3 rings (SSSR count). The van der Waals surface area contributed by atoms with Crippen molar-refractivity contribution in [2.75, 3.05) is 0 Å². The van der Waals surface area contributed by atoms with Crippen LogP contribution in [0.2, 0.25) is 5.02 Å². The Morgan fingerprint density at radius 3 is 2.72 bits per heavy atom. The van der Waals surface area contributed by atoms with Crippen molar-refractivity contribution < 1.29 is 0 Å². The molecule has 0 aliphatic heterocycles. The van der Waals surface area contributed by atoms with E-state index >= 15 is 0 Å². The third-order valence-corrected chi connectivity index (χ3v) is 3.41. The highest BCUT2D eigenvalue weighted by molar-refractivity contribution is 6.30. The van der Waals surface area contributed by atoms with Gasteiger partial charge in [-0.2, -0.15) is 0 Å². The lowest BCUT2D eigenvalue weighted by Gasteiger charge is -2.02. The van der Waals surface area contributed by atoms with Crippen LogP contribution in [0.4, 0.5) is 0 Å². The van der Waals surface area contributed by atoms with Gasteiger partial charge in [-0.25, -0.2) is 4.98 Å². The monoisotopic (exact) mass is 256 g/mol. The van der Waals surface area contributed by atoms with Crippen molar-refractivity contribution in [2.45, 2.75) is 13.8 Å². The molecule has 0 N–H and O–H groups in total. The molecule has 90 valence electrons. The topological polar surface area (TPSA) is 17.3 Å². The number of rotatable bonds is 1. The van der Waals surface area contributed by atoms with Gasteiger partial charge in [0.25, 0.3) is 0 Å². The lowest BCUT2D eigenvalue weighted by Crippen LogP contribution is -1.86. The summed E-state index contributed by atoms with van der Waals surface area (Å²) in [4.78, 5) is 4.65. The van der Waals surface area contributed by atoms with Crippen LogP contribution >= 0.6 is 11.6 Å². The Kier molecular flexibility index (Phi) is 2.60. The van der Waals surface area contributed by atoms with Crippen LogP contribution in [0.5, 0.6) is 0 Å². The fraction of sp³-hybridized carbons (Fsp3) is 0.133. The Bertz CT molecular complexity index is 728. The Balaban J connectivity index is 2.26. The first-order valence-electron chi connectivity index (χ1n) is 5.86. The molecular weight excluding hydrogens is 244 g/mol. The number of halogens is 1. The van der Waals surface area contributed by atoms with E-state index in [2.05, 4.69) is 35.5 Å². The molecule has 2 heterocycles. The minimum atomic E-state index is 0.740. The van der Waals surface area contributed by atoms with E-state index in [9.17, 15) is 0 Å². The molecule has 0 atom stereocenters. The molecule has 18 heavy (non-hydrogen) atoms. The van der Waals surface area contributed by atoms with Gasteiger partial charge in [0.1, 0.15) is 5.65 Å². The van der Waals surface area contributed by atoms with Crippen molar-refractivity contribution in [1.82, 2.24) is 9.38 Å². The molecule has 1 aromatic carbocycles. The van der Waals surface area contributed by atoms with Gasteiger partial charge in [0.15, 0.2) is 0 Å². The minimum absolute atomic E-state index is 0.740. The van der Waals surface area contributed by atoms with Gasteiger partial charge in [-0.1, -0.05) is 23.7 Å². The fourth-order valence-electron chi connectivity index (χ4n) is 2.15. The molecule has 0 aliphatic rings. The predicted molar refractivity (Wildman–Crippen MR) is 75.1 cm³/mol. The molecule has 0 bridgehead atoms. The van der Waals surface area contributed by atoms with Crippen molar-refractivity contribution in [1.29, 1.82) is 0 Å². The Labute approximate surface area is 111 Å². The lowest BCUT2D eigenvalue weighted by molar-refractivity contribution is 1.09. The molecule has 3 heteroatoms. The number of nitrogens with zero attached hydrogens (tertiary/aromatic N) is 2. The third-order valence-electron chi connectivity index (χ3n) is 3.17. The highest BCUT2D eigenvalue weighted by Crippen LogP contribution is 2.26. The van der Waals surface area contributed by atoms with Gasteiger partial charge in [-0.15, -0.1) is 0 Å². The van der Waals surface area contributed by atoms with Gasteiger partial charge in [0.2, 0.25) is 0 Å². The molecule has 0 saturated carbocycles. The number of aryl methyl sites for hydroxylation is 2. The fourth-order valence-corrected chi connectivity index (χ4v) is 2.32. The van der Waals surface area contributed by atoms with E-state index < -0.39 is 0 Å². The third kappa shape index (κ3) is 1.79. The van der Waals surface area contributed by atoms with Gasteiger partial charge < -0.3 is 4.40 Å². The summed E-state index contributed by atoms with van der Waals surface area (Å²) >= 11 is 6.06. The largest absolute Gasteiger partial charge is 0.304 e. The molecule has 0 unspecified atom stereocenters. The van der Waals surface area contributed by atoms with Crippen molar-refractivity contribution in [3.63, 3.8) is 0 Å². The van der Waals surface area contributed by atoms with E-state index in [1.165, 1.54) is 11.3 Å². The Morgan fingerprint density at radius 1 is 1.11 bits per heavy atom. The predicted octanol–water partition coefficient (Wildman–Crippen LogP) is 4.27. The average Bonchev–Trinajstić information content (AvgIpc) is 2.77. The average molecular weight is 257 g/mol. The van der Waals surface area contributed by atoms with E-state index in [1.54, 1.807) is 0 Å². The number of fused-ring (bicyclic) bond motifs is 1. The van der Waals surface area contributed by atoms with E-state index in [0.29, 0.717) is 0 Å². The first kappa shape index (κ1) is 11.3. The zero-order valence-electron chi connectivity index (χ0n) is 10.3. The van der Waals surface area contributed by atoms with Crippen molar-refractivity contribution in [3.8, 4) is 11.3 Å². The van der Waals surface area contributed by atoms with E-state index in [1.807, 2.05) is 30.3 Å². The minimum Gasteiger partial charge on any atom is -0.304 e. The molecule has 2 nitrogen and oxygen atoms in total. The Morgan fingerprint density at radius 2 is 1.94 bits per heavy atom. The maximum Gasteiger partial charge on any atom is 0.137 e. The number of imidazole rings is 1. The molecule has 3 aromatic rings. The molecule has 0 radical (unpaired) electrons. The second kappa shape index (κ2) is 4.14. The number of benzene rings is 1. The number of pyridine rings is 1. The van der Waals surface area contributed by atoms with Crippen LogP contribution in [-0.2, 0) is 0 Å². The summed E-state index contributed by atoms with van der Waals surface area (Å²) in [7, 11) is 0. The SMILES string of the molecule is Cc1ccc(Cl)cc1-c1cn2c(C)cccc2n1. The Hall–Kier alpha value is -1.80. The second-order valence-electron chi connectivity index (χ2n) is 4.48. The maximum absolute atomic E-state index is 6.06. The van der Waals surface area contributed by atoms with Gasteiger partial charge in [-0.05, 0) is 43.7 Å². The van der Waals surface area contributed by atoms with Crippen LogP contribution < -0.4 is 0 Å². The molecule has 0 aliphatic carbocycles. The summed E-state index contributed by atoms with van der Waals surface area (Å²) in [5, 5.41) is 0.740. The van der Waals surface area contributed by atoms with Crippen LogP contribution in [0.3, 0.4) is 0 Å². The summed E-state index contributed by atoms with van der Waals surface area (Å²) in [6.07, 6.45) is 2.06. The van der Waals surface area contributed by atoms with Gasteiger partial charge in [0, 0.05) is 22.5 Å². The van der Waals surface area contributed by atoms with E-state index in [0.717, 1.165) is 21.9 Å². The summed E-state index contributed by atoms with van der Waals surface area (Å²) in [5.74, 6) is 0. The standard InChI is InChI=1S/C15H13ClN2/c1-10-6-7-12(16)8-13(10)14-9-18-11(2)4-3-5-15(18)17-14/h3-9H,1-2H3. The zero-order valence-corrected chi connectivity index (χ0v) is 11.1. The highest BCUT2D eigenvalue weighted by atomic mass is 35.5. The van der Waals surface area contributed by atoms with Gasteiger partial charge in [0.05, 0.1) is 5.69 Å². The van der Waals surface area contributed by atoms with Crippen LogP contribution in [0.1, 0.15) is 11.3 Å². The molecular formula is C15H13ClN2. The van der Waals surface area contributed by atoms with Crippen LogP contribution in [0.15, 0.2) is 42.6 Å². The first-order valence-corrected chi connectivity index (χ1v) is 6.24. The number of hydrogen-bond acceptors (Lipinski definition) is 1. The lowest BCUT2D eigenvalue weighted by atomic mass is 10.1. The number of aromatic nitrogens is 2. The smallest absolute Gasteiger partial charge is 0.137 e.